The van der Waals surface area contributed by atoms with Gasteiger partial charge in [-0.25, -0.2) is 4.79 Å². The maximum Gasteiger partial charge on any atom is 0.354 e. The fraction of sp³-hybridized carbons (Fsp3) is 0.609. The Balaban J connectivity index is 1.32. The normalized spacial score (nSPS) is 17.0. The fourth-order valence-electron chi connectivity index (χ4n) is 4.76. The molecule has 0 atom stereocenters. The number of aromatic nitrogens is 3. The summed E-state index contributed by atoms with van der Waals surface area (Å²) in [6.45, 7) is 8.34. The number of nitrogens with zero attached hydrogens (tertiary/aromatic N) is 6. The first kappa shape index (κ1) is 21.9. The average Bonchev–Trinajstić information content (AvgIpc) is 3.14. The molecule has 1 aliphatic carbocycles. The van der Waals surface area contributed by atoms with Gasteiger partial charge in [0.05, 0.1) is 5.69 Å². The third-order valence-corrected chi connectivity index (χ3v) is 6.44. The van der Waals surface area contributed by atoms with E-state index in [2.05, 4.69) is 33.8 Å². The van der Waals surface area contributed by atoms with Gasteiger partial charge in [0.25, 0.3) is 0 Å². The van der Waals surface area contributed by atoms with Gasteiger partial charge in [-0.3, -0.25) is 9.67 Å². The first-order valence-corrected chi connectivity index (χ1v) is 11.4. The Morgan fingerprint density at radius 1 is 1.06 bits per heavy atom. The van der Waals surface area contributed by atoms with Gasteiger partial charge in [0.15, 0.2) is 0 Å². The van der Waals surface area contributed by atoms with E-state index in [1.54, 1.807) is 10.9 Å². The molecule has 0 spiro atoms. The molecule has 0 amide bonds. The van der Waals surface area contributed by atoms with Crippen molar-refractivity contribution in [2.24, 2.45) is 0 Å². The highest BCUT2D eigenvalue weighted by Gasteiger charge is 2.28. The van der Waals surface area contributed by atoms with Crippen LogP contribution in [0, 0.1) is 0 Å². The molecule has 0 saturated carbocycles. The molecule has 8 heteroatoms. The predicted molar refractivity (Wildman–Crippen MR) is 120 cm³/mol. The molecular weight excluding hydrogens is 392 g/mol. The van der Waals surface area contributed by atoms with Crippen molar-refractivity contribution in [2.45, 2.75) is 32.2 Å². The van der Waals surface area contributed by atoms with E-state index in [1.165, 1.54) is 13.0 Å². The van der Waals surface area contributed by atoms with Gasteiger partial charge >= 0.3 is 5.97 Å². The van der Waals surface area contributed by atoms with Crippen LogP contribution in [0.3, 0.4) is 0 Å². The third kappa shape index (κ3) is 5.14. The number of aromatic carboxylic acids is 1. The molecule has 0 radical (unpaired) electrons. The zero-order valence-electron chi connectivity index (χ0n) is 18.8. The van der Waals surface area contributed by atoms with Crippen LogP contribution in [0.15, 0.2) is 18.5 Å². The second kappa shape index (κ2) is 9.89. The number of rotatable bonds is 9. The lowest BCUT2D eigenvalue weighted by Gasteiger charge is -2.34. The molecular formula is C23H34N6O2. The van der Waals surface area contributed by atoms with Crippen molar-refractivity contribution in [3.05, 3.63) is 35.3 Å². The van der Waals surface area contributed by atoms with Crippen LogP contribution in [-0.4, -0.2) is 100 Å². The Morgan fingerprint density at radius 3 is 2.45 bits per heavy atom. The van der Waals surface area contributed by atoms with Crippen LogP contribution < -0.4 is 0 Å². The zero-order chi connectivity index (χ0) is 21.8. The number of aryl methyl sites for hydroxylation is 2. The summed E-state index contributed by atoms with van der Waals surface area (Å²) in [7, 11) is 4.25. The number of pyridine rings is 1. The number of hydrogen-bond acceptors (Lipinski definition) is 6. The second-order valence-corrected chi connectivity index (χ2v) is 8.93. The molecule has 168 valence electrons. The topological polar surface area (TPSA) is 77.7 Å². The number of piperazine rings is 1. The van der Waals surface area contributed by atoms with Crippen LogP contribution in [0.4, 0.5) is 0 Å². The lowest BCUT2D eigenvalue weighted by molar-refractivity contribution is 0.0681. The van der Waals surface area contributed by atoms with Gasteiger partial charge in [0, 0.05) is 56.2 Å². The monoisotopic (exact) mass is 426 g/mol. The molecule has 0 aromatic carbocycles. The van der Waals surface area contributed by atoms with E-state index in [1.807, 2.05) is 12.3 Å². The van der Waals surface area contributed by atoms with E-state index in [9.17, 15) is 9.90 Å². The molecule has 1 fully saturated rings. The van der Waals surface area contributed by atoms with Crippen molar-refractivity contribution in [1.29, 1.82) is 0 Å². The summed E-state index contributed by atoms with van der Waals surface area (Å²) in [4.78, 5) is 23.5. The molecule has 0 unspecified atom stereocenters. The lowest BCUT2D eigenvalue weighted by atomic mass is 9.90. The van der Waals surface area contributed by atoms with Crippen molar-refractivity contribution < 1.29 is 9.90 Å². The molecule has 3 heterocycles. The molecule has 8 nitrogen and oxygen atoms in total. The number of hydrogen-bond donors (Lipinski definition) is 1. The second-order valence-electron chi connectivity index (χ2n) is 8.93. The minimum Gasteiger partial charge on any atom is -0.477 e. The molecule has 2 aromatic rings. The predicted octanol–water partition coefficient (Wildman–Crippen LogP) is 1.70. The van der Waals surface area contributed by atoms with Gasteiger partial charge in [-0.1, -0.05) is 0 Å². The molecule has 1 aliphatic heterocycles. The van der Waals surface area contributed by atoms with Gasteiger partial charge in [0.1, 0.15) is 5.69 Å². The molecule has 2 aromatic heterocycles. The molecule has 1 N–H and O–H groups in total. The highest BCUT2D eigenvalue weighted by atomic mass is 16.4. The van der Waals surface area contributed by atoms with E-state index in [0.29, 0.717) is 18.7 Å². The average molecular weight is 427 g/mol. The van der Waals surface area contributed by atoms with E-state index < -0.39 is 5.97 Å². The minimum absolute atomic E-state index is 0.364. The van der Waals surface area contributed by atoms with Crippen LogP contribution in [0.1, 0.15) is 34.5 Å². The molecule has 4 rings (SSSR count). The summed E-state index contributed by atoms with van der Waals surface area (Å²) < 4.78 is 1.72. The summed E-state index contributed by atoms with van der Waals surface area (Å²) in [5.74, 6) is -0.877. The van der Waals surface area contributed by atoms with E-state index in [0.717, 1.165) is 74.5 Å². The Bertz CT molecular complexity index is 901. The Kier molecular flexibility index (Phi) is 6.99. The highest BCUT2D eigenvalue weighted by Crippen LogP contribution is 2.34. The van der Waals surface area contributed by atoms with Crippen LogP contribution in [-0.2, 0) is 19.4 Å². The van der Waals surface area contributed by atoms with Gasteiger partial charge in [-0.2, -0.15) is 5.10 Å². The van der Waals surface area contributed by atoms with Crippen LogP contribution in [0.25, 0.3) is 11.3 Å². The van der Waals surface area contributed by atoms with Gasteiger partial charge in [0.2, 0.25) is 0 Å². The van der Waals surface area contributed by atoms with Crippen LogP contribution in [0.5, 0.6) is 0 Å². The highest BCUT2D eigenvalue weighted by molar-refractivity contribution is 5.90. The van der Waals surface area contributed by atoms with Crippen LogP contribution >= 0.6 is 0 Å². The fourth-order valence-corrected chi connectivity index (χ4v) is 4.76. The van der Waals surface area contributed by atoms with Gasteiger partial charge in [-0.05, 0) is 71.0 Å². The smallest absolute Gasteiger partial charge is 0.354 e. The van der Waals surface area contributed by atoms with Crippen molar-refractivity contribution in [1.82, 2.24) is 29.5 Å². The molecule has 0 bridgehead atoms. The SMILES string of the molecule is CN(C)CCCN1CCN(CCCn2nc3c(c2C(=O)O)CCc2cnccc2-3)CC1. The number of carbonyl (C=O) groups is 1. The van der Waals surface area contributed by atoms with Crippen molar-refractivity contribution >= 4 is 5.97 Å². The first-order chi connectivity index (χ1) is 15.0. The van der Waals surface area contributed by atoms with E-state index in [-0.39, 0.29) is 0 Å². The first-order valence-electron chi connectivity index (χ1n) is 11.4. The number of carboxylic acids is 1. The largest absolute Gasteiger partial charge is 0.477 e. The third-order valence-electron chi connectivity index (χ3n) is 6.44. The summed E-state index contributed by atoms with van der Waals surface area (Å²) in [5, 5.41) is 14.6. The lowest BCUT2D eigenvalue weighted by Crippen LogP contribution is -2.47. The Labute approximate surface area is 184 Å². The quantitative estimate of drug-likeness (QED) is 0.654. The number of carboxylic acid groups (broad SMARTS) is 1. The Hall–Kier alpha value is -2.29. The van der Waals surface area contributed by atoms with Crippen molar-refractivity contribution in [3.8, 4) is 11.3 Å². The van der Waals surface area contributed by atoms with Crippen molar-refractivity contribution in [2.75, 3.05) is 59.9 Å². The van der Waals surface area contributed by atoms with Crippen molar-refractivity contribution in [3.63, 3.8) is 0 Å². The van der Waals surface area contributed by atoms with Gasteiger partial charge in [-0.15, -0.1) is 0 Å². The van der Waals surface area contributed by atoms with Crippen LogP contribution in [0.2, 0.25) is 0 Å². The minimum atomic E-state index is -0.877. The summed E-state index contributed by atoms with van der Waals surface area (Å²) >= 11 is 0. The summed E-state index contributed by atoms with van der Waals surface area (Å²) in [6.07, 6.45) is 7.29. The Morgan fingerprint density at radius 2 is 1.77 bits per heavy atom. The van der Waals surface area contributed by atoms with E-state index >= 15 is 0 Å². The maximum atomic E-state index is 12.0. The summed E-state index contributed by atoms with van der Waals surface area (Å²) in [6, 6.07) is 1.95. The standard InChI is InChI=1S/C23H34N6O2/c1-26(2)9-3-10-27-13-15-28(16-14-27)11-4-12-29-22(23(30)31)20-6-5-18-17-24-8-7-19(18)21(20)25-29/h7-8,17H,3-6,9-16H2,1-2H3,(H,30,31). The molecule has 2 aliphatic rings. The molecule has 1 saturated heterocycles. The molecule has 31 heavy (non-hydrogen) atoms. The zero-order valence-corrected chi connectivity index (χ0v) is 18.8. The maximum absolute atomic E-state index is 12.0. The van der Waals surface area contributed by atoms with E-state index in [4.69, 9.17) is 5.10 Å². The summed E-state index contributed by atoms with van der Waals surface area (Å²) in [5.41, 5.74) is 4.25. The van der Waals surface area contributed by atoms with Gasteiger partial charge < -0.3 is 19.8 Å². The number of fused-ring (bicyclic) bond motifs is 3.